The van der Waals surface area contributed by atoms with E-state index in [1.807, 2.05) is 6.08 Å². The molecule has 1 fully saturated rings. The van der Waals surface area contributed by atoms with Gasteiger partial charge in [-0.15, -0.1) is 13.2 Å². The Morgan fingerprint density at radius 2 is 2.00 bits per heavy atom. The van der Waals surface area contributed by atoms with Crippen LogP contribution in [0.2, 0.25) is 0 Å². The SMILES string of the molecule is O=C(CCc1ccc(OC(F)(F)F)cc1)N1C=C[C@H]2CN(C(=O)NCc3cn[nH]n3)C[C@H]2CC1. The Morgan fingerprint density at radius 3 is 2.71 bits per heavy atom. The molecule has 0 saturated carbocycles. The summed E-state index contributed by atoms with van der Waals surface area (Å²) in [6.45, 7) is 2.06. The Hall–Kier alpha value is -3.57. The predicted octanol–water partition coefficient (Wildman–Crippen LogP) is 2.84. The Bertz CT molecular complexity index is 1010. The summed E-state index contributed by atoms with van der Waals surface area (Å²) in [5.74, 6) is 0.115. The van der Waals surface area contributed by atoms with Crippen LogP contribution in [-0.2, 0) is 17.8 Å². The number of nitrogens with one attached hydrogen (secondary N) is 2. The highest BCUT2D eigenvalue weighted by atomic mass is 19.4. The van der Waals surface area contributed by atoms with E-state index >= 15 is 0 Å². The van der Waals surface area contributed by atoms with Gasteiger partial charge in [0.25, 0.3) is 0 Å². The van der Waals surface area contributed by atoms with Crippen LogP contribution < -0.4 is 10.1 Å². The lowest BCUT2D eigenvalue weighted by Crippen LogP contribution is -2.38. The zero-order valence-electron chi connectivity index (χ0n) is 18.3. The number of alkyl halides is 3. The molecule has 2 aliphatic rings. The molecule has 3 amide bonds. The molecule has 34 heavy (non-hydrogen) atoms. The van der Waals surface area contributed by atoms with E-state index in [0.29, 0.717) is 38.3 Å². The molecule has 2 aromatic rings. The van der Waals surface area contributed by atoms with Gasteiger partial charge in [0.05, 0.1) is 12.7 Å². The number of H-pyrrole nitrogens is 1. The monoisotopic (exact) mass is 478 g/mol. The van der Waals surface area contributed by atoms with Gasteiger partial charge in [-0.25, -0.2) is 4.79 Å². The van der Waals surface area contributed by atoms with Gasteiger partial charge in [-0.3, -0.25) is 4.79 Å². The zero-order valence-corrected chi connectivity index (χ0v) is 18.3. The number of fused-ring (bicyclic) bond motifs is 1. The summed E-state index contributed by atoms with van der Waals surface area (Å²) in [5, 5.41) is 13.0. The van der Waals surface area contributed by atoms with Crippen LogP contribution >= 0.6 is 0 Å². The number of ether oxygens (including phenoxy) is 1. The fourth-order valence-corrected chi connectivity index (χ4v) is 4.23. The number of aromatic amines is 1. The largest absolute Gasteiger partial charge is 0.573 e. The van der Waals surface area contributed by atoms with Crippen molar-refractivity contribution in [2.45, 2.75) is 32.2 Å². The molecule has 0 radical (unpaired) electrons. The molecule has 3 heterocycles. The van der Waals surface area contributed by atoms with Gasteiger partial charge in [-0.1, -0.05) is 18.2 Å². The third kappa shape index (κ3) is 6.27. The van der Waals surface area contributed by atoms with Crippen LogP contribution in [0.25, 0.3) is 0 Å². The van der Waals surface area contributed by atoms with E-state index in [-0.39, 0.29) is 35.9 Å². The van der Waals surface area contributed by atoms with E-state index in [1.54, 1.807) is 22.2 Å². The molecule has 1 aromatic heterocycles. The third-order valence-corrected chi connectivity index (χ3v) is 6.02. The van der Waals surface area contributed by atoms with E-state index in [0.717, 1.165) is 12.0 Å². The minimum absolute atomic E-state index is 0.0472. The lowest BCUT2D eigenvalue weighted by molar-refractivity contribution is -0.274. The van der Waals surface area contributed by atoms with Crippen LogP contribution in [0.4, 0.5) is 18.0 Å². The maximum Gasteiger partial charge on any atom is 0.573 e. The van der Waals surface area contributed by atoms with Gasteiger partial charge in [0.15, 0.2) is 0 Å². The molecule has 2 aliphatic heterocycles. The van der Waals surface area contributed by atoms with E-state index in [1.165, 1.54) is 24.3 Å². The third-order valence-electron chi connectivity index (χ3n) is 6.02. The van der Waals surface area contributed by atoms with Crippen molar-refractivity contribution < 1.29 is 27.5 Å². The van der Waals surface area contributed by atoms with Crippen LogP contribution in [-0.4, -0.2) is 63.1 Å². The minimum Gasteiger partial charge on any atom is -0.406 e. The van der Waals surface area contributed by atoms with Gasteiger partial charge >= 0.3 is 12.4 Å². The first-order valence-electron chi connectivity index (χ1n) is 11.0. The number of hydrogen-bond acceptors (Lipinski definition) is 5. The van der Waals surface area contributed by atoms with Crippen molar-refractivity contribution in [2.24, 2.45) is 11.8 Å². The van der Waals surface area contributed by atoms with Crippen LogP contribution in [0.3, 0.4) is 0 Å². The molecule has 2 N–H and O–H groups in total. The highest BCUT2D eigenvalue weighted by Crippen LogP contribution is 2.30. The Morgan fingerprint density at radius 1 is 1.21 bits per heavy atom. The molecule has 0 bridgehead atoms. The van der Waals surface area contributed by atoms with Gasteiger partial charge < -0.3 is 19.9 Å². The van der Waals surface area contributed by atoms with E-state index in [4.69, 9.17) is 0 Å². The molecule has 1 aromatic carbocycles. The highest BCUT2D eigenvalue weighted by molar-refractivity contribution is 5.77. The van der Waals surface area contributed by atoms with Crippen molar-refractivity contribution in [3.8, 4) is 5.75 Å². The second-order valence-corrected chi connectivity index (χ2v) is 8.36. The average Bonchev–Trinajstić information content (AvgIpc) is 3.42. The van der Waals surface area contributed by atoms with Crippen LogP contribution in [0.5, 0.6) is 5.75 Å². The number of hydrogen-bond donors (Lipinski definition) is 2. The second-order valence-electron chi connectivity index (χ2n) is 8.36. The number of likely N-dealkylation sites (tertiary alicyclic amines) is 1. The number of carbonyl (C=O) groups excluding carboxylic acids is 2. The predicted molar refractivity (Wildman–Crippen MR) is 114 cm³/mol. The van der Waals surface area contributed by atoms with Gasteiger partial charge in [0.1, 0.15) is 11.4 Å². The van der Waals surface area contributed by atoms with E-state index in [9.17, 15) is 22.8 Å². The molecule has 0 spiro atoms. The number of halogens is 3. The Kier molecular flexibility index (Phi) is 7.03. The van der Waals surface area contributed by atoms with Gasteiger partial charge in [0.2, 0.25) is 5.91 Å². The standard InChI is InChI=1S/C22H25F3N6O3/c23-22(24,25)34-19-4-1-15(2-5-19)3-6-20(32)30-9-7-16-13-31(14-17(16)8-10-30)21(33)26-11-18-12-27-29-28-18/h1-2,4-5,7,9,12,16-17H,3,6,8,10-11,13-14H2,(H,26,33)(H,27,28,29)/t16-,17+/m0/s1. The zero-order chi connectivity index (χ0) is 24.1. The summed E-state index contributed by atoms with van der Waals surface area (Å²) in [5.41, 5.74) is 1.41. The van der Waals surface area contributed by atoms with Crippen molar-refractivity contribution in [3.63, 3.8) is 0 Å². The molecule has 182 valence electrons. The molecule has 0 unspecified atom stereocenters. The smallest absolute Gasteiger partial charge is 0.406 e. The molecule has 2 atom stereocenters. The lowest BCUT2D eigenvalue weighted by Gasteiger charge is -2.20. The molecule has 4 rings (SSSR count). The first kappa shape index (κ1) is 23.6. The van der Waals surface area contributed by atoms with E-state index in [2.05, 4.69) is 25.5 Å². The maximum atomic E-state index is 12.7. The minimum atomic E-state index is -4.73. The molecule has 0 aliphatic carbocycles. The van der Waals surface area contributed by atoms with Crippen molar-refractivity contribution in [3.05, 3.63) is 54.0 Å². The summed E-state index contributed by atoms with van der Waals surface area (Å²) in [6, 6.07) is 5.39. The van der Waals surface area contributed by atoms with Crippen LogP contribution in [0.15, 0.2) is 42.7 Å². The number of aromatic nitrogens is 3. The number of benzene rings is 1. The second kappa shape index (κ2) is 10.1. The Labute approximate surface area is 193 Å². The maximum absolute atomic E-state index is 12.7. The van der Waals surface area contributed by atoms with Gasteiger partial charge in [-0.05, 0) is 36.5 Å². The summed E-state index contributed by atoms with van der Waals surface area (Å²) < 4.78 is 40.6. The first-order valence-corrected chi connectivity index (χ1v) is 11.0. The van der Waals surface area contributed by atoms with E-state index < -0.39 is 6.36 Å². The van der Waals surface area contributed by atoms with Crippen molar-refractivity contribution >= 4 is 11.9 Å². The topological polar surface area (TPSA) is 103 Å². The first-order chi connectivity index (χ1) is 16.3. The lowest BCUT2D eigenvalue weighted by atomic mass is 9.94. The fraction of sp³-hybridized carbons (Fsp3) is 0.455. The van der Waals surface area contributed by atoms with Crippen LogP contribution in [0, 0.1) is 11.8 Å². The average molecular weight is 478 g/mol. The summed E-state index contributed by atoms with van der Waals surface area (Å²) in [6.07, 6.45) is 2.05. The van der Waals surface area contributed by atoms with Crippen molar-refractivity contribution in [1.29, 1.82) is 0 Å². The van der Waals surface area contributed by atoms with Gasteiger partial charge in [-0.2, -0.15) is 15.4 Å². The molecule has 1 saturated heterocycles. The number of urea groups is 1. The van der Waals surface area contributed by atoms with Crippen molar-refractivity contribution in [2.75, 3.05) is 19.6 Å². The number of aryl methyl sites for hydroxylation is 1. The molecule has 12 heteroatoms. The number of rotatable bonds is 6. The van der Waals surface area contributed by atoms with Gasteiger partial charge in [0, 0.05) is 38.2 Å². The quantitative estimate of drug-likeness (QED) is 0.665. The normalized spacial score (nSPS) is 20.1. The fourth-order valence-electron chi connectivity index (χ4n) is 4.23. The Balaban J connectivity index is 1.23. The number of carbonyl (C=O) groups is 2. The number of nitrogens with zero attached hydrogens (tertiary/aromatic N) is 4. The molecular weight excluding hydrogens is 453 g/mol. The number of amides is 3. The summed E-state index contributed by atoms with van der Waals surface area (Å²) >= 11 is 0. The molecular formula is C22H25F3N6O3. The summed E-state index contributed by atoms with van der Waals surface area (Å²) in [7, 11) is 0. The highest BCUT2D eigenvalue weighted by Gasteiger charge is 2.35. The van der Waals surface area contributed by atoms with Crippen LogP contribution in [0.1, 0.15) is 24.1 Å². The molecule has 9 nitrogen and oxygen atoms in total. The van der Waals surface area contributed by atoms with Crippen molar-refractivity contribution in [1.82, 2.24) is 30.5 Å². The summed E-state index contributed by atoms with van der Waals surface area (Å²) in [4.78, 5) is 28.6.